The quantitative estimate of drug-likeness (QED) is 0.747. The Balaban J connectivity index is 2.44. The molecular weight excluding hydrogens is 196 g/mol. The Kier molecular flexibility index (Phi) is 5.77. The topological polar surface area (TPSA) is 29.3 Å². The molecule has 0 aliphatic heterocycles. The normalized spacial score (nSPS) is 29.4. The van der Waals surface area contributed by atoms with Crippen molar-refractivity contribution in [2.45, 2.75) is 65.0 Å². The largest absolute Gasteiger partial charge is 0.327 e. The zero-order valence-electron chi connectivity index (χ0n) is 11.6. The predicted octanol–water partition coefficient (Wildman–Crippen LogP) is 2.87. The van der Waals surface area contributed by atoms with Crippen LogP contribution in [-0.2, 0) is 0 Å². The van der Waals surface area contributed by atoms with Gasteiger partial charge in [-0.3, -0.25) is 0 Å². The average Bonchev–Trinajstić information content (AvgIpc) is 2.43. The van der Waals surface area contributed by atoms with E-state index >= 15 is 0 Å². The van der Waals surface area contributed by atoms with Gasteiger partial charge in [0.05, 0.1) is 0 Å². The van der Waals surface area contributed by atoms with E-state index in [0.29, 0.717) is 18.0 Å². The van der Waals surface area contributed by atoms with Gasteiger partial charge < -0.3 is 10.6 Å². The molecule has 1 aliphatic rings. The summed E-state index contributed by atoms with van der Waals surface area (Å²) in [5, 5.41) is 0. The molecule has 96 valence electrons. The number of rotatable bonds is 4. The zero-order valence-corrected chi connectivity index (χ0v) is 11.6. The van der Waals surface area contributed by atoms with E-state index in [-0.39, 0.29) is 0 Å². The molecule has 0 radical (unpaired) electrons. The minimum atomic E-state index is 0.435. The van der Waals surface area contributed by atoms with Crippen molar-refractivity contribution in [3.05, 3.63) is 0 Å². The lowest BCUT2D eigenvalue weighted by molar-refractivity contribution is 0.164. The molecule has 0 bridgehead atoms. The Hall–Kier alpha value is -0.0800. The molecule has 3 atom stereocenters. The second kappa shape index (κ2) is 6.61. The fourth-order valence-corrected chi connectivity index (χ4v) is 2.68. The lowest BCUT2D eigenvalue weighted by Crippen LogP contribution is -2.42. The van der Waals surface area contributed by atoms with Crippen LogP contribution in [0.3, 0.4) is 0 Å². The summed E-state index contributed by atoms with van der Waals surface area (Å²) in [6, 6.07) is 1.10. The maximum absolute atomic E-state index is 6.28. The third kappa shape index (κ3) is 4.06. The summed E-state index contributed by atoms with van der Waals surface area (Å²) in [5.74, 6) is 1.45. The van der Waals surface area contributed by atoms with Crippen LogP contribution in [0.15, 0.2) is 0 Å². The standard InChI is InChI=1S/C14H30N2/c1-11(2)12(3)16(4)10-13-8-6-5-7-9-14(13)15/h11-14H,5-10,15H2,1-4H3. The molecule has 2 N–H and O–H groups in total. The highest BCUT2D eigenvalue weighted by atomic mass is 15.1. The van der Waals surface area contributed by atoms with Crippen LogP contribution < -0.4 is 5.73 Å². The summed E-state index contributed by atoms with van der Waals surface area (Å²) in [7, 11) is 2.25. The molecule has 2 heteroatoms. The molecule has 1 aliphatic carbocycles. The lowest BCUT2D eigenvalue weighted by atomic mass is 9.93. The first-order chi connectivity index (χ1) is 7.52. The SMILES string of the molecule is CC(C)C(C)N(C)CC1CCCCCC1N. The minimum absolute atomic E-state index is 0.435. The van der Waals surface area contributed by atoms with Gasteiger partial charge in [-0.05, 0) is 38.6 Å². The first-order valence-electron chi connectivity index (χ1n) is 6.98. The minimum Gasteiger partial charge on any atom is -0.327 e. The maximum Gasteiger partial charge on any atom is 0.00870 e. The number of nitrogens with two attached hydrogens (primary N) is 1. The third-order valence-corrected chi connectivity index (χ3v) is 4.40. The van der Waals surface area contributed by atoms with E-state index in [4.69, 9.17) is 5.73 Å². The average molecular weight is 226 g/mol. The van der Waals surface area contributed by atoms with Gasteiger partial charge in [-0.2, -0.15) is 0 Å². The van der Waals surface area contributed by atoms with Gasteiger partial charge >= 0.3 is 0 Å². The van der Waals surface area contributed by atoms with E-state index in [2.05, 4.69) is 32.7 Å². The van der Waals surface area contributed by atoms with E-state index in [9.17, 15) is 0 Å². The van der Waals surface area contributed by atoms with Crippen LogP contribution in [0.2, 0.25) is 0 Å². The summed E-state index contributed by atoms with van der Waals surface area (Å²) in [6.45, 7) is 8.11. The van der Waals surface area contributed by atoms with Gasteiger partial charge in [0.25, 0.3) is 0 Å². The van der Waals surface area contributed by atoms with Gasteiger partial charge in [-0.25, -0.2) is 0 Å². The summed E-state index contributed by atoms with van der Waals surface area (Å²) >= 11 is 0. The molecule has 2 nitrogen and oxygen atoms in total. The molecule has 3 unspecified atom stereocenters. The smallest absolute Gasteiger partial charge is 0.00870 e. The Labute approximate surface area is 102 Å². The summed E-state index contributed by atoms with van der Waals surface area (Å²) in [5.41, 5.74) is 6.28. The maximum atomic E-state index is 6.28. The predicted molar refractivity (Wildman–Crippen MR) is 71.5 cm³/mol. The highest BCUT2D eigenvalue weighted by molar-refractivity contribution is 4.80. The number of hydrogen-bond acceptors (Lipinski definition) is 2. The van der Waals surface area contributed by atoms with Crippen LogP contribution in [0.4, 0.5) is 0 Å². The van der Waals surface area contributed by atoms with Crippen molar-refractivity contribution in [3.63, 3.8) is 0 Å². The van der Waals surface area contributed by atoms with Crippen molar-refractivity contribution in [1.82, 2.24) is 4.90 Å². The highest BCUT2D eigenvalue weighted by Crippen LogP contribution is 2.24. The van der Waals surface area contributed by atoms with Gasteiger partial charge in [0.15, 0.2) is 0 Å². The summed E-state index contributed by atoms with van der Waals surface area (Å²) < 4.78 is 0. The van der Waals surface area contributed by atoms with Gasteiger partial charge in [0, 0.05) is 18.6 Å². The van der Waals surface area contributed by atoms with E-state index in [1.54, 1.807) is 0 Å². The van der Waals surface area contributed by atoms with Gasteiger partial charge in [0.1, 0.15) is 0 Å². The Morgan fingerprint density at radius 2 is 1.75 bits per heavy atom. The second-order valence-corrected chi connectivity index (χ2v) is 5.99. The molecule has 0 heterocycles. The number of hydrogen-bond donors (Lipinski definition) is 1. The van der Waals surface area contributed by atoms with Gasteiger partial charge in [0.2, 0.25) is 0 Å². The lowest BCUT2D eigenvalue weighted by Gasteiger charge is -2.33. The summed E-state index contributed by atoms with van der Waals surface area (Å²) in [4.78, 5) is 2.50. The van der Waals surface area contributed by atoms with Crippen molar-refractivity contribution in [2.24, 2.45) is 17.6 Å². The molecular formula is C14H30N2. The molecule has 1 fully saturated rings. The van der Waals surface area contributed by atoms with E-state index < -0.39 is 0 Å². The van der Waals surface area contributed by atoms with E-state index in [0.717, 1.165) is 5.92 Å². The molecule has 0 aromatic carbocycles. The van der Waals surface area contributed by atoms with Crippen molar-refractivity contribution in [1.29, 1.82) is 0 Å². The molecule has 0 saturated heterocycles. The van der Waals surface area contributed by atoms with Crippen molar-refractivity contribution >= 4 is 0 Å². The first kappa shape index (κ1) is 14.0. The van der Waals surface area contributed by atoms with Crippen LogP contribution in [0.1, 0.15) is 52.9 Å². The monoisotopic (exact) mass is 226 g/mol. The summed E-state index contributed by atoms with van der Waals surface area (Å²) in [6.07, 6.45) is 6.65. The third-order valence-electron chi connectivity index (χ3n) is 4.40. The second-order valence-electron chi connectivity index (χ2n) is 5.99. The van der Waals surface area contributed by atoms with Crippen molar-refractivity contribution in [2.75, 3.05) is 13.6 Å². The van der Waals surface area contributed by atoms with Crippen LogP contribution >= 0.6 is 0 Å². The number of nitrogens with zero attached hydrogens (tertiary/aromatic N) is 1. The molecule has 0 aromatic rings. The Bertz CT molecular complexity index is 191. The Morgan fingerprint density at radius 1 is 1.12 bits per heavy atom. The van der Waals surface area contributed by atoms with Crippen molar-refractivity contribution < 1.29 is 0 Å². The Morgan fingerprint density at radius 3 is 2.38 bits per heavy atom. The zero-order chi connectivity index (χ0) is 12.1. The van der Waals surface area contributed by atoms with Gasteiger partial charge in [-0.1, -0.05) is 33.1 Å². The molecule has 16 heavy (non-hydrogen) atoms. The fraction of sp³-hybridized carbons (Fsp3) is 1.00. The van der Waals surface area contributed by atoms with Crippen LogP contribution in [0.25, 0.3) is 0 Å². The van der Waals surface area contributed by atoms with Crippen molar-refractivity contribution in [3.8, 4) is 0 Å². The van der Waals surface area contributed by atoms with E-state index in [1.807, 2.05) is 0 Å². The molecule has 0 amide bonds. The first-order valence-corrected chi connectivity index (χ1v) is 6.98. The highest BCUT2D eigenvalue weighted by Gasteiger charge is 2.23. The fourth-order valence-electron chi connectivity index (χ4n) is 2.68. The van der Waals surface area contributed by atoms with Crippen LogP contribution in [0, 0.1) is 11.8 Å². The molecule has 0 spiro atoms. The molecule has 1 saturated carbocycles. The van der Waals surface area contributed by atoms with E-state index in [1.165, 1.54) is 38.6 Å². The molecule has 0 aromatic heterocycles. The molecule has 1 rings (SSSR count). The van der Waals surface area contributed by atoms with Crippen LogP contribution in [-0.4, -0.2) is 30.6 Å². The van der Waals surface area contributed by atoms with Gasteiger partial charge in [-0.15, -0.1) is 0 Å². The van der Waals surface area contributed by atoms with Crippen LogP contribution in [0.5, 0.6) is 0 Å².